The monoisotopic (exact) mass is 144 g/mol. The van der Waals surface area contributed by atoms with Gasteiger partial charge in [0.25, 0.3) is 0 Å². The number of rotatable bonds is 4. The van der Waals surface area contributed by atoms with Crippen LogP contribution in [0.1, 0.15) is 20.8 Å². The van der Waals surface area contributed by atoms with Crippen LogP contribution in [-0.4, -0.2) is 18.5 Å². The van der Waals surface area contributed by atoms with Crippen molar-refractivity contribution in [3.63, 3.8) is 0 Å². The number of hydrogen-bond acceptors (Lipinski definition) is 2. The van der Waals surface area contributed by atoms with Crippen LogP contribution in [0.2, 0.25) is 0 Å². The van der Waals surface area contributed by atoms with Crippen LogP contribution in [0, 0.1) is 5.92 Å². The third-order valence-corrected chi connectivity index (χ3v) is 1.26. The summed E-state index contributed by atoms with van der Waals surface area (Å²) in [7, 11) is 0. The van der Waals surface area contributed by atoms with Gasteiger partial charge in [-0.15, -0.1) is 0 Å². The minimum atomic E-state index is -0.291. The molecule has 0 aromatic heterocycles. The molecule has 60 valence electrons. The lowest BCUT2D eigenvalue weighted by Gasteiger charge is -2.11. The molecular weight excluding hydrogens is 128 g/mol. The molecule has 0 aliphatic carbocycles. The van der Waals surface area contributed by atoms with Gasteiger partial charge in [0.15, 0.2) is 0 Å². The number of primary amides is 1. The van der Waals surface area contributed by atoms with E-state index < -0.39 is 0 Å². The Morgan fingerprint density at radius 3 is 2.30 bits per heavy atom. The summed E-state index contributed by atoms with van der Waals surface area (Å²) in [5.74, 6) is 0.266. The highest BCUT2D eigenvalue weighted by Gasteiger charge is 2.06. The lowest BCUT2D eigenvalue weighted by Crippen LogP contribution is -2.40. The lowest BCUT2D eigenvalue weighted by molar-refractivity contribution is -0.119. The first kappa shape index (κ1) is 9.43. The van der Waals surface area contributed by atoms with Crippen molar-refractivity contribution in [2.45, 2.75) is 26.8 Å². The van der Waals surface area contributed by atoms with Crippen LogP contribution in [0.15, 0.2) is 0 Å². The van der Waals surface area contributed by atoms with Gasteiger partial charge >= 0.3 is 0 Å². The van der Waals surface area contributed by atoms with E-state index in [0.717, 1.165) is 6.54 Å². The predicted molar refractivity (Wildman–Crippen MR) is 41.5 cm³/mol. The molecule has 0 aromatic carbocycles. The molecule has 0 saturated carbocycles. The molecule has 0 rings (SSSR count). The fraction of sp³-hybridized carbons (Fsp3) is 0.857. The molecular formula is C7H16N2O. The zero-order chi connectivity index (χ0) is 8.15. The van der Waals surface area contributed by atoms with E-state index in [1.54, 1.807) is 6.92 Å². The van der Waals surface area contributed by atoms with Crippen LogP contribution in [-0.2, 0) is 4.79 Å². The maximum absolute atomic E-state index is 10.5. The van der Waals surface area contributed by atoms with Crippen LogP contribution in [0.25, 0.3) is 0 Å². The van der Waals surface area contributed by atoms with Crippen LogP contribution in [0.4, 0.5) is 0 Å². The molecule has 3 N–H and O–H groups in total. The molecule has 1 amide bonds. The molecule has 0 aromatic rings. The molecule has 0 radical (unpaired) electrons. The van der Waals surface area contributed by atoms with E-state index in [-0.39, 0.29) is 11.9 Å². The molecule has 10 heavy (non-hydrogen) atoms. The largest absolute Gasteiger partial charge is 0.368 e. The van der Waals surface area contributed by atoms with Crippen molar-refractivity contribution < 1.29 is 4.79 Å². The first-order valence-corrected chi connectivity index (χ1v) is 3.56. The van der Waals surface area contributed by atoms with E-state index in [1.807, 2.05) is 0 Å². The molecule has 0 spiro atoms. The van der Waals surface area contributed by atoms with Crippen LogP contribution in [0.3, 0.4) is 0 Å². The van der Waals surface area contributed by atoms with Gasteiger partial charge < -0.3 is 11.1 Å². The minimum absolute atomic E-state index is 0.206. The number of carbonyl (C=O) groups excluding carboxylic acids is 1. The highest BCUT2D eigenvalue weighted by atomic mass is 16.1. The van der Waals surface area contributed by atoms with Gasteiger partial charge in [-0.1, -0.05) is 13.8 Å². The van der Waals surface area contributed by atoms with Gasteiger partial charge in [0.2, 0.25) is 5.91 Å². The molecule has 0 fully saturated rings. The molecule has 0 aliphatic rings. The highest BCUT2D eigenvalue weighted by molar-refractivity contribution is 5.79. The van der Waals surface area contributed by atoms with Crippen molar-refractivity contribution in [3.8, 4) is 0 Å². The van der Waals surface area contributed by atoms with Crippen LogP contribution < -0.4 is 11.1 Å². The van der Waals surface area contributed by atoms with Crippen molar-refractivity contribution in [2.24, 2.45) is 11.7 Å². The summed E-state index contributed by atoms with van der Waals surface area (Å²) in [4.78, 5) is 10.5. The Morgan fingerprint density at radius 2 is 2.00 bits per heavy atom. The molecule has 0 unspecified atom stereocenters. The zero-order valence-electron chi connectivity index (χ0n) is 6.85. The van der Waals surface area contributed by atoms with Crippen LogP contribution >= 0.6 is 0 Å². The van der Waals surface area contributed by atoms with E-state index in [4.69, 9.17) is 5.73 Å². The highest BCUT2D eigenvalue weighted by Crippen LogP contribution is 1.88. The molecule has 0 heterocycles. The second kappa shape index (κ2) is 4.28. The first-order valence-electron chi connectivity index (χ1n) is 3.56. The lowest BCUT2D eigenvalue weighted by atomic mass is 10.2. The van der Waals surface area contributed by atoms with Gasteiger partial charge in [0.05, 0.1) is 6.04 Å². The SMILES string of the molecule is CC(C)CN[C@@H](C)C(N)=O. The third-order valence-electron chi connectivity index (χ3n) is 1.26. The third kappa shape index (κ3) is 4.32. The van der Waals surface area contributed by atoms with Crippen LogP contribution in [0.5, 0.6) is 0 Å². The summed E-state index contributed by atoms with van der Waals surface area (Å²) in [6, 6.07) is -0.206. The normalized spacial score (nSPS) is 13.6. The second-order valence-electron chi connectivity index (χ2n) is 2.93. The quantitative estimate of drug-likeness (QED) is 0.588. The molecule has 3 nitrogen and oxygen atoms in total. The van der Waals surface area contributed by atoms with Crippen molar-refractivity contribution in [3.05, 3.63) is 0 Å². The molecule has 1 atom stereocenters. The average molecular weight is 144 g/mol. The number of amides is 1. The number of nitrogens with one attached hydrogen (secondary N) is 1. The van der Waals surface area contributed by atoms with Gasteiger partial charge in [-0.25, -0.2) is 0 Å². The first-order chi connectivity index (χ1) is 4.54. The summed E-state index contributed by atoms with van der Waals surface area (Å²) < 4.78 is 0. The van der Waals surface area contributed by atoms with Crippen molar-refractivity contribution in [1.29, 1.82) is 0 Å². The minimum Gasteiger partial charge on any atom is -0.368 e. The number of nitrogens with two attached hydrogens (primary N) is 1. The fourth-order valence-corrected chi connectivity index (χ4v) is 0.513. The van der Waals surface area contributed by atoms with E-state index >= 15 is 0 Å². The maximum atomic E-state index is 10.5. The number of hydrogen-bond donors (Lipinski definition) is 2. The van der Waals surface area contributed by atoms with Gasteiger partial charge in [-0.2, -0.15) is 0 Å². The van der Waals surface area contributed by atoms with Gasteiger partial charge in [-0.3, -0.25) is 4.79 Å². The Kier molecular flexibility index (Phi) is 4.03. The molecule has 0 bridgehead atoms. The Morgan fingerprint density at radius 1 is 1.50 bits per heavy atom. The molecule has 3 heteroatoms. The smallest absolute Gasteiger partial charge is 0.234 e. The van der Waals surface area contributed by atoms with E-state index in [9.17, 15) is 4.79 Å². The van der Waals surface area contributed by atoms with E-state index in [0.29, 0.717) is 5.92 Å². The predicted octanol–water partition coefficient (Wildman–Crippen LogP) is 0.106. The Balaban J connectivity index is 3.40. The average Bonchev–Trinajstić information content (AvgIpc) is 1.82. The summed E-state index contributed by atoms with van der Waals surface area (Å²) >= 11 is 0. The standard InChI is InChI=1S/C7H16N2O/c1-5(2)4-9-6(3)7(8)10/h5-6,9H,4H2,1-3H3,(H2,8,10)/t6-/m0/s1. The van der Waals surface area contributed by atoms with Gasteiger partial charge in [-0.05, 0) is 19.4 Å². The van der Waals surface area contributed by atoms with Crippen molar-refractivity contribution >= 4 is 5.91 Å². The fourth-order valence-electron chi connectivity index (χ4n) is 0.513. The maximum Gasteiger partial charge on any atom is 0.234 e. The second-order valence-corrected chi connectivity index (χ2v) is 2.93. The van der Waals surface area contributed by atoms with Gasteiger partial charge in [0, 0.05) is 0 Å². The zero-order valence-corrected chi connectivity index (χ0v) is 6.85. The Hall–Kier alpha value is -0.570. The topological polar surface area (TPSA) is 55.1 Å². The van der Waals surface area contributed by atoms with Gasteiger partial charge in [0.1, 0.15) is 0 Å². The van der Waals surface area contributed by atoms with E-state index in [1.165, 1.54) is 0 Å². The van der Waals surface area contributed by atoms with Crippen molar-refractivity contribution in [1.82, 2.24) is 5.32 Å². The summed E-state index contributed by atoms with van der Waals surface area (Å²) in [6.45, 7) is 6.77. The molecule has 0 saturated heterocycles. The summed E-state index contributed by atoms with van der Waals surface area (Å²) in [6.07, 6.45) is 0. The Labute approximate surface area is 62.0 Å². The number of carbonyl (C=O) groups is 1. The summed E-state index contributed by atoms with van der Waals surface area (Å²) in [5, 5.41) is 3.01. The molecule has 0 aliphatic heterocycles. The summed E-state index contributed by atoms with van der Waals surface area (Å²) in [5.41, 5.74) is 5.02. The Bertz CT molecular complexity index is 112. The van der Waals surface area contributed by atoms with Crippen molar-refractivity contribution in [2.75, 3.05) is 6.54 Å². The van der Waals surface area contributed by atoms with E-state index in [2.05, 4.69) is 19.2 Å².